The van der Waals surface area contributed by atoms with Crippen molar-refractivity contribution >= 4 is 30.6 Å². The Morgan fingerprint density at radius 1 is 0.850 bits per heavy atom. The summed E-state index contributed by atoms with van der Waals surface area (Å²) in [4.78, 5) is -2.14. The number of benzene rings is 1. The van der Waals surface area contributed by atoms with Gasteiger partial charge in [-0.15, -0.1) is 0 Å². The second-order valence-electron chi connectivity index (χ2n) is 3.53. The fourth-order valence-electron chi connectivity index (χ4n) is 1.30. The standard InChI is InChI=1S/C7H8O10S3/c1-4-2-5(17-20(14,15)16)7(19(11,12)13)3-6(4)18(8,9)10/h2-3H,1H3,(H,8,9,10)(H,11,12,13)(H,14,15,16). The SMILES string of the molecule is Cc1cc(OS(=O)(=O)O)c(S(=O)(=O)O)cc1S(=O)(=O)O. The van der Waals surface area contributed by atoms with E-state index in [1.54, 1.807) is 0 Å². The molecule has 1 aromatic rings. The van der Waals surface area contributed by atoms with Crippen molar-refractivity contribution < 1.29 is 43.1 Å². The van der Waals surface area contributed by atoms with Gasteiger partial charge in [0.2, 0.25) is 0 Å². The lowest BCUT2D eigenvalue weighted by molar-refractivity contribution is 0.381. The first-order valence-corrected chi connectivity index (χ1v) is 8.73. The maximum atomic E-state index is 11.1. The van der Waals surface area contributed by atoms with Crippen LogP contribution < -0.4 is 4.18 Å². The number of rotatable bonds is 4. The van der Waals surface area contributed by atoms with E-state index in [9.17, 15) is 25.3 Å². The van der Waals surface area contributed by atoms with Gasteiger partial charge in [0.1, 0.15) is 4.90 Å². The molecule has 0 spiro atoms. The van der Waals surface area contributed by atoms with Crippen LogP contribution in [0.2, 0.25) is 0 Å². The molecule has 0 aliphatic rings. The van der Waals surface area contributed by atoms with E-state index in [4.69, 9.17) is 13.7 Å². The molecule has 10 nitrogen and oxygen atoms in total. The Labute approximate surface area is 114 Å². The summed E-state index contributed by atoms with van der Waals surface area (Å²) in [6, 6.07) is 0.889. The summed E-state index contributed by atoms with van der Waals surface area (Å²) in [5.41, 5.74) is -0.279. The molecule has 0 heterocycles. The summed E-state index contributed by atoms with van der Waals surface area (Å²) in [6.45, 7) is 1.09. The minimum Gasteiger partial charge on any atom is -0.360 e. The zero-order valence-corrected chi connectivity index (χ0v) is 12.0. The fraction of sp³-hybridized carbons (Fsp3) is 0.143. The molecule has 0 atom stereocenters. The van der Waals surface area contributed by atoms with Crippen LogP contribution in [-0.2, 0) is 30.6 Å². The van der Waals surface area contributed by atoms with Crippen LogP contribution in [0.25, 0.3) is 0 Å². The summed E-state index contributed by atoms with van der Waals surface area (Å²) in [5.74, 6) is -1.03. The molecule has 0 bridgehead atoms. The van der Waals surface area contributed by atoms with Gasteiger partial charge in [0, 0.05) is 0 Å². The van der Waals surface area contributed by atoms with Crippen molar-refractivity contribution in [3.63, 3.8) is 0 Å². The van der Waals surface area contributed by atoms with Crippen molar-refractivity contribution in [2.24, 2.45) is 0 Å². The Hall–Kier alpha value is -1.25. The largest absolute Gasteiger partial charge is 0.446 e. The molecular formula is C7H8O10S3. The molecule has 1 aromatic carbocycles. The maximum Gasteiger partial charge on any atom is 0.446 e. The van der Waals surface area contributed by atoms with Crippen molar-refractivity contribution in [3.8, 4) is 5.75 Å². The lowest BCUT2D eigenvalue weighted by Crippen LogP contribution is -2.12. The van der Waals surface area contributed by atoms with E-state index in [0.717, 1.165) is 6.92 Å². The van der Waals surface area contributed by atoms with Gasteiger partial charge in [-0.3, -0.25) is 13.7 Å². The van der Waals surface area contributed by atoms with Gasteiger partial charge >= 0.3 is 10.4 Å². The molecule has 13 heteroatoms. The minimum atomic E-state index is -5.11. The molecule has 0 aromatic heterocycles. The molecule has 0 amide bonds. The first-order chi connectivity index (χ1) is 8.72. The fourth-order valence-corrected chi connectivity index (χ4v) is 3.15. The van der Waals surface area contributed by atoms with E-state index in [-0.39, 0.29) is 5.56 Å². The van der Waals surface area contributed by atoms with E-state index in [2.05, 4.69) is 4.18 Å². The second-order valence-corrected chi connectivity index (χ2v) is 7.33. The van der Waals surface area contributed by atoms with E-state index in [1.165, 1.54) is 0 Å². The van der Waals surface area contributed by atoms with Gasteiger partial charge in [-0.05, 0) is 24.6 Å². The third kappa shape index (κ3) is 4.12. The Kier molecular flexibility index (Phi) is 4.15. The molecular weight excluding hydrogens is 340 g/mol. The summed E-state index contributed by atoms with van der Waals surface area (Å²) in [6.07, 6.45) is 0. The highest BCUT2D eigenvalue weighted by Crippen LogP contribution is 2.30. The molecule has 0 fully saturated rings. The monoisotopic (exact) mass is 348 g/mol. The summed E-state index contributed by atoms with van der Waals surface area (Å²) < 4.78 is 95.4. The summed E-state index contributed by atoms with van der Waals surface area (Å²) in [5, 5.41) is 0. The average Bonchev–Trinajstić information content (AvgIpc) is 2.09. The maximum absolute atomic E-state index is 11.1. The first-order valence-electron chi connectivity index (χ1n) is 4.48. The third-order valence-electron chi connectivity index (χ3n) is 1.99. The molecule has 0 unspecified atom stereocenters. The Balaban J connectivity index is 3.76. The highest BCUT2D eigenvalue weighted by molar-refractivity contribution is 7.86. The Morgan fingerprint density at radius 3 is 1.65 bits per heavy atom. The lowest BCUT2D eigenvalue weighted by atomic mass is 10.2. The zero-order valence-electron chi connectivity index (χ0n) is 9.58. The smallest absolute Gasteiger partial charge is 0.360 e. The summed E-state index contributed by atoms with van der Waals surface area (Å²) >= 11 is 0. The number of hydrogen-bond acceptors (Lipinski definition) is 7. The average molecular weight is 348 g/mol. The molecule has 20 heavy (non-hydrogen) atoms. The van der Waals surface area contributed by atoms with Crippen LogP contribution in [0.15, 0.2) is 21.9 Å². The van der Waals surface area contributed by atoms with Crippen LogP contribution in [-0.4, -0.2) is 38.9 Å². The van der Waals surface area contributed by atoms with Gasteiger partial charge in [-0.1, -0.05) is 0 Å². The molecule has 0 saturated carbocycles. The van der Waals surface area contributed by atoms with Crippen molar-refractivity contribution in [2.45, 2.75) is 16.7 Å². The molecule has 0 radical (unpaired) electrons. The second kappa shape index (κ2) is 4.94. The van der Waals surface area contributed by atoms with Gasteiger partial charge in [0.05, 0.1) is 4.90 Å². The van der Waals surface area contributed by atoms with Gasteiger partial charge in [-0.25, -0.2) is 0 Å². The first kappa shape index (κ1) is 16.8. The molecule has 0 aliphatic carbocycles. The highest BCUT2D eigenvalue weighted by atomic mass is 32.3. The van der Waals surface area contributed by atoms with Gasteiger partial charge < -0.3 is 4.18 Å². The van der Waals surface area contributed by atoms with Crippen LogP contribution in [0.1, 0.15) is 5.56 Å². The normalized spacial score (nSPS) is 13.2. The molecule has 0 aliphatic heterocycles. The lowest BCUT2D eigenvalue weighted by Gasteiger charge is -2.10. The van der Waals surface area contributed by atoms with Crippen molar-refractivity contribution in [1.29, 1.82) is 0 Å². The predicted molar refractivity (Wildman–Crippen MR) is 63.0 cm³/mol. The number of aryl methyl sites for hydroxylation is 1. The topological polar surface area (TPSA) is 172 Å². The molecule has 114 valence electrons. The van der Waals surface area contributed by atoms with Gasteiger partial charge in [-0.2, -0.15) is 25.3 Å². The van der Waals surface area contributed by atoms with Gasteiger partial charge in [0.15, 0.2) is 5.75 Å². The zero-order chi connectivity index (χ0) is 15.9. The van der Waals surface area contributed by atoms with Crippen LogP contribution in [0.4, 0.5) is 0 Å². The number of hydrogen-bond donors (Lipinski definition) is 3. The van der Waals surface area contributed by atoms with Crippen molar-refractivity contribution in [3.05, 3.63) is 17.7 Å². The Morgan fingerprint density at radius 2 is 1.30 bits per heavy atom. The molecule has 3 N–H and O–H groups in total. The predicted octanol–water partition coefficient (Wildman–Crippen LogP) is -0.330. The van der Waals surface area contributed by atoms with E-state index >= 15 is 0 Å². The van der Waals surface area contributed by atoms with Crippen LogP contribution in [0.5, 0.6) is 5.75 Å². The van der Waals surface area contributed by atoms with E-state index in [0.29, 0.717) is 12.1 Å². The van der Waals surface area contributed by atoms with Crippen LogP contribution >= 0.6 is 0 Å². The van der Waals surface area contributed by atoms with Crippen molar-refractivity contribution in [2.75, 3.05) is 0 Å². The quantitative estimate of drug-likeness (QED) is 0.611. The van der Waals surface area contributed by atoms with Crippen molar-refractivity contribution in [1.82, 2.24) is 0 Å². The van der Waals surface area contributed by atoms with Crippen LogP contribution in [0.3, 0.4) is 0 Å². The van der Waals surface area contributed by atoms with E-state index in [1.807, 2.05) is 0 Å². The Bertz CT molecular complexity index is 846. The molecule has 1 rings (SSSR count). The van der Waals surface area contributed by atoms with Crippen LogP contribution in [0, 0.1) is 6.92 Å². The minimum absolute atomic E-state index is 0.279. The van der Waals surface area contributed by atoms with Gasteiger partial charge in [0.25, 0.3) is 20.2 Å². The highest BCUT2D eigenvalue weighted by Gasteiger charge is 2.26. The van der Waals surface area contributed by atoms with E-state index < -0.39 is 46.2 Å². The third-order valence-corrected chi connectivity index (χ3v) is 4.25. The summed E-state index contributed by atoms with van der Waals surface area (Å²) in [7, 11) is -15.0. The molecule has 0 saturated heterocycles.